The monoisotopic (exact) mass is 436 g/mol. The summed E-state index contributed by atoms with van der Waals surface area (Å²) < 4.78 is 6.02. The van der Waals surface area contributed by atoms with E-state index in [1.54, 1.807) is 0 Å². The molecule has 32 heavy (non-hydrogen) atoms. The van der Waals surface area contributed by atoms with E-state index in [4.69, 9.17) is 4.74 Å². The Bertz CT molecular complexity index is 860. The van der Waals surface area contributed by atoms with Crippen LogP contribution >= 0.6 is 0 Å². The lowest BCUT2D eigenvalue weighted by Gasteiger charge is -2.32. The lowest BCUT2D eigenvalue weighted by molar-refractivity contribution is -0.128. The van der Waals surface area contributed by atoms with Gasteiger partial charge in [0.1, 0.15) is 5.75 Å². The average molecular weight is 437 g/mol. The fourth-order valence-corrected chi connectivity index (χ4v) is 4.15. The van der Waals surface area contributed by atoms with Crippen molar-refractivity contribution in [2.24, 2.45) is 5.92 Å². The van der Waals surface area contributed by atoms with Gasteiger partial charge in [-0.25, -0.2) is 0 Å². The standard InChI is InChI=1S/C28H40N2O2/c1-7-26(32-25-14-10-23(11-15-25)28(4,5)6)27(31)29-21(3)22-8-12-24(13-9-22)30-18-16-20(2)17-19-30/h8-15,20-21,26H,7,16-19H2,1-6H3,(H,29,31)/t21-,26-/m1/s1. The predicted molar refractivity (Wildman–Crippen MR) is 133 cm³/mol. The van der Waals surface area contributed by atoms with Crippen LogP contribution in [0.2, 0.25) is 0 Å². The van der Waals surface area contributed by atoms with Crippen molar-refractivity contribution in [2.75, 3.05) is 18.0 Å². The molecule has 2 aromatic carbocycles. The molecule has 0 spiro atoms. The largest absolute Gasteiger partial charge is 0.481 e. The number of ether oxygens (including phenoxy) is 1. The Morgan fingerprint density at radius 3 is 2.19 bits per heavy atom. The lowest BCUT2D eigenvalue weighted by atomic mass is 9.87. The number of rotatable bonds is 7. The van der Waals surface area contributed by atoms with Gasteiger partial charge in [-0.05, 0) is 72.9 Å². The highest BCUT2D eigenvalue weighted by atomic mass is 16.5. The molecule has 0 aromatic heterocycles. The number of amides is 1. The first-order valence-electron chi connectivity index (χ1n) is 12.1. The number of benzene rings is 2. The van der Waals surface area contributed by atoms with Crippen LogP contribution in [-0.4, -0.2) is 25.1 Å². The summed E-state index contributed by atoms with van der Waals surface area (Å²) in [6, 6.07) is 16.6. The summed E-state index contributed by atoms with van der Waals surface area (Å²) in [7, 11) is 0. The minimum absolute atomic E-state index is 0.0705. The average Bonchev–Trinajstić information content (AvgIpc) is 2.77. The van der Waals surface area contributed by atoms with Gasteiger partial charge < -0.3 is 15.0 Å². The molecule has 0 saturated carbocycles. The number of anilines is 1. The Hall–Kier alpha value is -2.49. The SMILES string of the molecule is CC[C@@H](Oc1ccc(C(C)(C)C)cc1)C(=O)N[C@H](C)c1ccc(N2CCC(C)CC2)cc1. The fraction of sp³-hybridized carbons (Fsp3) is 0.536. The first-order chi connectivity index (χ1) is 15.2. The fourth-order valence-electron chi connectivity index (χ4n) is 4.15. The highest BCUT2D eigenvalue weighted by Crippen LogP contribution is 2.26. The first kappa shape index (κ1) is 24.2. The van der Waals surface area contributed by atoms with Crippen LogP contribution in [0.3, 0.4) is 0 Å². The maximum atomic E-state index is 12.9. The summed E-state index contributed by atoms with van der Waals surface area (Å²) >= 11 is 0. The smallest absolute Gasteiger partial charge is 0.261 e. The van der Waals surface area contributed by atoms with Crippen molar-refractivity contribution < 1.29 is 9.53 Å². The maximum absolute atomic E-state index is 12.9. The molecule has 1 aliphatic rings. The third-order valence-corrected chi connectivity index (χ3v) is 6.56. The normalized spacial score (nSPS) is 17.0. The van der Waals surface area contributed by atoms with Crippen LogP contribution in [0, 0.1) is 5.92 Å². The second-order valence-corrected chi connectivity index (χ2v) is 10.3. The van der Waals surface area contributed by atoms with E-state index < -0.39 is 6.10 Å². The molecular formula is C28H40N2O2. The Labute approximate surface area is 194 Å². The second kappa shape index (κ2) is 10.4. The molecule has 0 unspecified atom stereocenters. The maximum Gasteiger partial charge on any atom is 0.261 e. The van der Waals surface area contributed by atoms with Gasteiger partial charge in [0.15, 0.2) is 6.10 Å². The van der Waals surface area contributed by atoms with Crippen LogP contribution in [0.15, 0.2) is 48.5 Å². The Kier molecular flexibility index (Phi) is 7.86. The zero-order valence-electron chi connectivity index (χ0n) is 20.7. The van der Waals surface area contributed by atoms with Crippen LogP contribution in [0.25, 0.3) is 0 Å². The summed E-state index contributed by atoms with van der Waals surface area (Å²) in [5.41, 5.74) is 3.72. The molecule has 174 valence electrons. The van der Waals surface area contributed by atoms with Crippen molar-refractivity contribution in [3.63, 3.8) is 0 Å². The number of hydrogen-bond donors (Lipinski definition) is 1. The minimum Gasteiger partial charge on any atom is -0.481 e. The number of carbonyl (C=O) groups is 1. The van der Waals surface area contributed by atoms with Gasteiger partial charge in [0.05, 0.1) is 6.04 Å². The zero-order valence-corrected chi connectivity index (χ0v) is 20.7. The number of nitrogens with one attached hydrogen (secondary N) is 1. The molecule has 2 aromatic rings. The highest BCUT2D eigenvalue weighted by Gasteiger charge is 2.22. The van der Waals surface area contributed by atoms with Gasteiger partial charge in [0.2, 0.25) is 0 Å². The molecule has 4 heteroatoms. The van der Waals surface area contributed by atoms with E-state index in [1.165, 1.54) is 24.1 Å². The number of carbonyl (C=O) groups excluding carboxylic acids is 1. The van der Waals surface area contributed by atoms with Gasteiger partial charge in [0.25, 0.3) is 5.91 Å². The highest BCUT2D eigenvalue weighted by molar-refractivity contribution is 5.81. The van der Waals surface area contributed by atoms with Gasteiger partial charge in [-0.1, -0.05) is 58.9 Å². The minimum atomic E-state index is -0.507. The quantitative estimate of drug-likeness (QED) is 0.557. The van der Waals surface area contributed by atoms with Gasteiger partial charge in [0, 0.05) is 18.8 Å². The topological polar surface area (TPSA) is 41.6 Å². The number of nitrogens with zero attached hydrogens (tertiary/aromatic N) is 1. The molecule has 1 heterocycles. The molecular weight excluding hydrogens is 396 g/mol. The molecule has 1 aliphatic heterocycles. The first-order valence-corrected chi connectivity index (χ1v) is 12.1. The van der Waals surface area contributed by atoms with Gasteiger partial charge >= 0.3 is 0 Å². The van der Waals surface area contributed by atoms with E-state index in [-0.39, 0.29) is 17.4 Å². The molecule has 1 saturated heterocycles. The van der Waals surface area contributed by atoms with Crippen molar-refractivity contribution in [1.82, 2.24) is 5.32 Å². The van der Waals surface area contributed by atoms with E-state index in [0.29, 0.717) is 6.42 Å². The molecule has 1 amide bonds. The summed E-state index contributed by atoms with van der Waals surface area (Å²) in [6.45, 7) is 15.1. The van der Waals surface area contributed by atoms with Crippen LogP contribution in [0.4, 0.5) is 5.69 Å². The van der Waals surface area contributed by atoms with Crippen molar-refractivity contribution in [2.45, 2.75) is 78.4 Å². The molecule has 3 rings (SSSR count). The van der Waals surface area contributed by atoms with E-state index >= 15 is 0 Å². The molecule has 4 nitrogen and oxygen atoms in total. The molecule has 0 aliphatic carbocycles. The van der Waals surface area contributed by atoms with Crippen molar-refractivity contribution in [3.8, 4) is 5.75 Å². The van der Waals surface area contributed by atoms with E-state index in [2.05, 4.69) is 74.3 Å². The molecule has 2 atom stereocenters. The Balaban J connectivity index is 1.57. The number of hydrogen-bond acceptors (Lipinski definition) is 3. The second-order valence-electron chi connectivity index (χ2n) is 10.3. The predicted octanol–water partition coefficient (Wildman–Crippen LogP) is 6.26. The summed E-state index contributed by atoms with van der Waals surface area (Å²) in [5.74, 6) is 1.48. The van der Waals surface area contributed by atoms with Crippen molar-refractivity contribution >= 4 is 11.6 Å². The zero-order chi connectivity index (χ0) is 23.3. The third-order valence-electron chi connectivity index (χ3n) is 6.56. The van der Waals surface area contributed by atoms with Gasteiger partial charge in [-0.15, -0.1) is 0 Å². The van der Waals surface area contributed by atoms with Crippen molar-refractivity contribution in [1.29, 1.82) is 0 Å². The van der Waals surface area contributed by atoms with E-state index in [9.17, 15) is 4.79 Å². The van der Waals surface area contributed by atoms with Crippen LogP contribution in [0.1, 0.15) is 78.0 Å². The summed E-state index contributed by atoms with van der Waals surface area (Å²) in [4.78, 5) is 15.3. The van der Waals surface area contributed by atoms with Crippen LogP contribution in [-0.2, 0) is 10.2 Å². The molecule has 1 fully saturated rings. The van der Waals surface area contributed by atoms with E-state index in [1.807, 2.05) is 26.0 Å². The Morgan fingerprint density at radius 2 is 1.66 bits per heavy atom. The summed E-state index contributed by atoms with van der Waals surface area (Å²) in [5, 5.41) is 3.13. The van der Waals surface area contributed by atoms with Crippen molar-refractivity contribution in [3.05, 3.63) is 59.7 Å². The molecule has 0 radical (unpaired) electrons. The number of piperidine rings is 1. The van der Waals surface area contributed by atoms with Gasteiger partial charge in [-0.2, -0.15) is 0 Å². The lowest BCUT2D eigenvalue weighted by Crippen LogP contribution is -2.39. The third kappa shape index (κ3) is 6.27. The Morgan fingerprint density at radius 1 is 1.06 bits per heavy atom. The molecule has 1 N–H and O–H groups in total. The van der Waals surface area contributed by atoms with E-state index in [0.717, 1.165) is 30.3 Å². The molecule has 0 bridgehead atoms. The van der Waals surface area contributed by atoms with Crippen LogP contribution in [0.5, 0.6) is 5.75 Å². The summed E-state index contributed by atoms with van der Waals surface area (Å²) in [6.07, 6.45) is 2.62. The van der Waals surface area contributed by atoms with Gasteiger partial charge in [-0.3, -0.25) is 4.79 Å². The van der Waals surface area contributed by atoms with Crippen LogP contribution < -0.4 is 15.0 Å².